The number of phenols is 2. The summed E-state index contributed by atoms with van der Waals surface area (Å²) in [4.78, 5) is -0.706. The summed E-state index contributed by atoms with van der Waals surface area (Å²) in [5.74, 6) is -0.948. The van der Waals surface area contributed by atoms with Crippen LogP contribution in [-0.4, -0.2) is 23.2 Å². The van der Waals surface area contributed by atoms with E-state index in [1.54, 1.807) is 0 Å². The third kappa shape index (κ3) is 3.17. The van der Waals surface area contributed by atoms with Crippen molar-refractivity contribution in [3.05, 3.63) is 18.2 Å². The molecule has 0 aliphatic rings. The van der Waals surface area contributed by atoms with E-state index in [0.717, 1.165) is 18.2 Å². The number of phenolic OH excluding ortho intramolecular Hbond substituents is 2. The van der Waals surface area contributed by atoms with Gasteiger partial charge in [0.2, 0.25) is 0 Å². The minimum Gasteiger partial charge on any atom is -1.00 e. The molecule has 5 nitrogen and oxygen atoms in total. The quantitative estimate of drug-likeness (QED) is 0.272. The van der Waals surface area contributed by atoms with Gasteiger partial charge in [0.05, 0.1) is 0 Å². The average Bonchev–Trinajstić information content (AvgIpc) is 1.92. The zero-order valence-electron chi connectivity index (χ0n) is 7.80. The molecule has 1 aromatic rings. The fraction of sp³-hybridized carbons (Fsp3) is 0. The summed E-state index contributed by atoms with van der Waals surface area (Å²) in [6.07, 6.45) is 0. The van der Waals surface area contributed by atoms with Gasteiger partial charge in [-0.3, -0.25) is 4.55 Å². The second-order valence-corrected chi connectivity index (χ2v) is 3.52. The molecule has 68 valence electrons. The van der Waals surface area contributed by atoms with Crippen LogP contribution in [0.1, 0.15) is 1.43 Å². The third-order valence-electron chi connectivity index (χ3n) is 1.22. The molecule has 13 heavy (non-hydrogen) atoms. The molecule has 0 bridgehead atoms. The molecular formula is C6H7NaO5S. The second-order valence-electron chi connectivity index (χ2n) is 2.13. The van der Waals surface area contributed by atoms with Crippen molar-refractivity contribution in [2.45, 2.75) is 4.90 Å². The molecule has 0 aliphatic carbocycles. The molecule has 0 spiro atoms. The Morgan fingerprint density at radius 2 is 1.77 bits per heavy atom. The van der Waals surface area contributed by atoms with Crippen LogP contribution in [0.5, 0.6) is 11.5 Å². The van der Waals surface area contributed by atoms with E-state index in [9.17, 15) is 8.42 Å². The average molecular weight is 214 g/mol. The predicted molar refractivity (Wildman–Crippen MR) is 40.7 cm³/mol. The summed E-state index contributed by atoms with van der Waals surface area (Å²) in [7, 11) is -4.47. The fourth-order valence-corrected chi connectivity index (χ4v) is 1.31. The zero-order chi connectivity index (χ0) is 9.35. The maximum atomic E-state index is 10.5. The molecule has 7 heteroatoms. The Morgan fingerprint density at radius 1 is 1.23 bits per heavy atom. The van der Waals surface area contributed by atoms with Crippen molar-refractivity contribution < 1.29 is 54.2 Å². The normalized spacial score (nSPS) is 10.5. The summed E-state index contributed by atoms with van der Waals surface area (Å²) in [5, 5.41) is 17.7. The minimum absolute atomic E-state index is 0. The van der Waals surface area contributed by atoms with Crippen LogP contribution in [0.25, 0.3) is 0 Å². The Hall–Kier alpha value is -0.270. The molecular weight excluding hydrogens is 207 g/mol. The summed E-state index contributed by atoms with van der Waals surface area (Å²) < 4.78 is 29.5. The molecule has 0 aliphatic heterocycles. The first kappa shape index (κ1) is 12.7. The van der Waals surface area contributed by atoms with Crippen LogP contribution in [-0.2, 0) is 10.1 Å². The van der Waals surface area contributed by atoms with Gasteiger partial charge in [-0.25, -0.2) is 0 Å². The Morgan fingerprint density at radius 3 is 2.15 bits per heavy atom. The first-order valence-electron chi connectivity index (χ1n) is 2.91. The van der Waals surface area contributed by atoms with Crippen molar-refractivity contribution in [1.29, 1.82) is 0 Å². The van der Waals surface area contributed by atoms with Crippen LogP contribution < -0.4 is 29.6 Å². The van der Waals surface area contributed by atoms with E-state index in [-0.39, 0.29) is 36.7 Å². The Bertz CT molecular complexity index is 405. The van der Waals surface area contributed by atoms with Crippen molar-refractivity contribution in [3.63, 3.8) is 0 Å². The van der Waals surface area contributed by atoms with Gasteiger partial charge in [0.25, 0.3) is 10.1 Å². The molecule has 0 radical (unpaired) electrons. The van der Waals surface area contributed by atoms with E-state index in [4.69, 9.17) is 14.8 Å². The van der Waals surface area contributed by atoms with Crippen molar-refractivity contribution in [1.82, 2.24) is 0 Å². The van der Waals surface area contributed by atoms with Gasteiger partial charge >= 0.3 is 29.6 Å². The molecule has 3 N–H and O–H groups in total. The summed E-state index contributed by atoms with van der Waals surface area (Å²) in [6, 6.07) is 2.83. The first-order valence-corrected chi connectivity index (χ1v) is 4.35. The van der Waals surface area contributed by atoms with Gasteiger partial charge in [-0.1, -0.05) is 0 Å². The maximum Gasteiger partial charge on any atom is 1.00 e. The smallest absolute Gasteiger partial charge is 1.00 e. The van der Waals surface area contributed by atoms with E-state index < -0.39 is 20.8 Å². The van der Waals surface area contributed by atoms with E-state index >= 15 is 0 Å². The van der Waals surface area contributed by atoms with Crippen LogP contribution in [0.3, 0.4) is 0 Å². The van der Waals surface area contributed by atoms with Gasteiger partial charge < -0.3 is 11.6 Å². The Kier molecular flexibility index (Phi) is 4.21. The molecule has 0 aromatic heterocycles. The molecule has 1 aromatic carbocycles. The zero-order valence-corrected chi connectivity index (χ0v) is 9.61. The summed E-state index contributed by atoms with van der Waals surface area (Å²) in [5.41, 5.74) is 0. The van der Waals surface area contributed by atoms with Gasteiger partial charge in [-0.05, 0) is 12.1 Å². The SMILES string of the molecule is O=S(=O)(O)c1cc(O)ccc1O.[H-].[Na+]. The first-order chi connectivity index (χ1) is 5.41. The van der Waals surface area contributed by atoms with Crippen LogP contribution in [0.4, 0.5) is 0 Å². The molecule has 1 rings (SSSR count). The van der Waals surface area contributed by atoms with Crippen LogP contribution in [0.15, 0.2) is 23.1 Å². The van der Waals surface area contributed by atoms with Crippen LogP contribution in [0, 0.1) is 0 Å². The number of hydrogen-bond donors (Lipinski definition) is 3. The number of hydrogen-bond acceptors (Lipinski definition) is 4. The molecule has 0 heterocycles. The summed E-state index contributed by atoms with van der Waals surface area (Å²) >= 11 is 0. The molecule has 0 unspecified atom stereocenters. The maximum absolute atomic E-state index is 10.5. The molecule has 0 atom stereocenters. The largest absolute Gasteiger partial charge is 1.00 e. The van der Waals surface area contributed by atoms with Crippen molar-refractivity contribution in [2.24, 2.45) is 0 Å². The van der Waals surface area contributed by atoms with Gasteiger partial charge in [0.1, 0.15) is 16.4 Å². The Balaban J connectivity index is 0. The fourth-order valence-electron chi connectivity index (χ4n) is 0.709. The minimum atomic E-state index is -4.47. The molecule has 0 fully saturated rings. The van der Waals surface area contributed by atoms with Crippen molar-refractivity contribution >= 4 is 10.1 Å². The predicted octanol–water partition coefficient (Wildman–Crippen LogP) is -2.54. The van der Waals surface area contributed by atoms with Gasteiger partial charge in [0, 0.05) is 6.07 Å². The molecule has 0 amide bonds. The monoisotopic (exact) mass is 214 g/mol. The number of benzene rings is 1. The van der Waals surface area contributed by atoms with Crippen molar-refractivity contribution in [2.75, 3.05) is 0 Å². The van der Waals surface area contributed by atoms with E-state index in [2.05, 4.69) is 0 Å². The second kappa shape index (κ2) is 4.30. The third-order valence-corrected chi connectivity index (χ3v) is 2.10. The van der Waals surface area contributed by atoms with Gasteiger partial charge in [-0.15, -0.1) is 0 Å². The van der Waals surface area contributed by atoms with E-state index in [1.165, 1.54) is 0 Å². The summed E-state index contributed by atoms with van der Waals surface area (Å²) in [6.45, 7) is 0. The molecule has 0 saturated carbocycles. The van der Waals surface area contributed by atoms with Crippen molar-refractivity contribution in [3.8, 4) is 11.5 Å². The van der Waals surface area contributed by atoms with Crippen LogP contribution in [0.2, 0.25) is 0 Å². The Labute approximate surface area is 98.5 Å². The van der Waals surface area contributed by atoms with E-state index in [0.29, 0.717) is 0 Å². The van der Waals surface area contributed by atoms with Crippen LogP contribution >= 0.6 is 0 Å². The number of aromatic hydroxyl groups is 2. The van der Waals surface area contributed by atoms with Gasteiger partial charge in [0.15, 0.2) is 0 Å². The van der Waals surface area contributed by atoms with Gasteiger partial charge in [-0.2, -0.15) is 8.42 Å². The molecule has 0 saturated heterocycles. The standard InChI is InChI=1S/C6H6O5S.Na.H/c7-4-1-2-5(8)6(3-4)12(9,10)11;;/h1-3,7-8H,(H,9,10,11);;/q;+1;-1. The van der Waals surface area contributed by atoms with E-state index in [1.807, 2.05) is 0 Å². The number of rotatable bonds is 1. The topological polar surface area (TPSA) is 94.8 Å².